The summed E-state index contributed by atoms with van der Waals surface area (Å²) in [5.74, 6) is 0. The summed E-state index contributed by atoms with van der Waals surface area (Å²) < 4.78 is 5.42. The van der Waals surface area contributed by atoms with E-state index in [-0.39, 0.29) is 11.6 Å². The van der Waals surface area contributed by atoms with Gasteiger partial charge in [0.15, 0.2) is 0 Å². The Morgan fingerprint density at radius 1 is 1.31 bits per heavy atom. The molecule has 0 aliphatic heterocycles. The molecule has 1 aromatic carbocycles. The van der Waals surface area contributed by atoms with Gasteiger partial charge in [-0.3, -0.25) is 0 Å². The highest BCUT2D eigenvalue weighted by Crippen LogP contribution is 2.27. The minimum atomic E-state index is -0.171. The molecule has 0 saturated heterocycles. The van der Waals surface area contributed by atoms with Crippen molar-refractivity contribution in [2.75, 3.05) is 7.11 Å². The van der Waals surface area contributed by atoms with Crippen LogP contribution in [0.1, 0.15) is 43.0 Å². The van der Waals surface area contributed by atoms with E-state index in [9.17, 15) is 0 Å². The van der Waals surface area contributed by atoms with Crippen LogP contribution in [0.15, 0.2) is 18.2 Å². The first-order valence-electron chi connectivity index (χ1n) is 5.74. The molecule has 0 amide bonds. The molecule has 0 fully saturated rings. The number of hydrogen-bond acceptors (Lipinski definition) is 2. The van der Waals surface area contributed by atoms with E-state index >= 15 is 0 Å². The normalized spacial score (nSPS) is 13.9. The number of nitrogens with two attached hydrogens (primary N) is 1. The molecule has 2 heteroatoms. The Bertz CT molecular complexity index is 358. The summed E-state index contributed by atoms with van der Waals surface area (Å²) in [7, 11) is 1.73. The van der Waals surface area contributed by atoms with Gasteiger partial charge in [0.1, 0.15) is 0 Å². The molecule has 0 spiro atoms. The number of ether oxygens (including phenoxy) is 1. The molecule has 1 aromatic rings. The summed E-state index contributed by atoms with van der Waals surface area (Å²) in [5.41, 5.74) is 9.89. The Morgan fingerprint density at radius 3 is 2.50 bits per heavy atom. The van der Waals surface area contributed by atoms with E-state index in [1.165, 1.54) is 16.7 Å². The molecule has 0 saturated carbocycles. The van der Waals surface area contributed by atoms with Crippen molar-refractivity contribution >= 4 is 0 Å². The monoisotopic (exact) mass is 221 g/mol. The highest BCUT2D eigenvalue weighted by atomic mass is 16.5. The van der Waals surface area contributed by atoms with Gasteiger partial charge in [-0.2, -0.15) is 0 Å². The second-order valence-electron chi connectivity index (χ2n) is 5.06. The third-order valence-electron chi connectivity index (χ3n) is 3.31. The topological polar surface area (TPSA) is 35.2 Å². The average molecular weight is 221 g/mol. The molecular formula is C14H23NO. The maximum absolute atomic E-state index is 6.25. The fourth-order valence-corrected chi connectivity index (χ4v) is 1.90. The summed E-state index contributed by atoms with van der Waals surface area (Å²) in [6.07, 6.45) is 0.827. The van der Waals surface area contributed by atoms with E-state index < -0.39 is 0 Å². The molecule has 2 N–H and O–H groups in total. The van der Waals surface area contributed by atoms with Gasteiger partial charge < -0.3 is 10.5 Å². The first-order chi connectivity index (χ1) is 7.37. The van der Waals surface area contributed by atoms with Crippen LogP contribution in [0.4, 0.5) is 0 Å². The SMILES string of the molecule is COC(C)(C)CC(N)c1cccc(C)c1C. The van der Waals surface area contributed by atoms with Crippen LogP contribution in [0.2, 0.25) is 0 Å². The zero-order valence-electron chi connectivity index (χ0n) is 11.0. The van der Waals surface area contributed by atoms with E-state index in [4.69, 9.17) is 10.5 Å². The number of methoxy groups -OCH3 is 1. The fourth-order valence-electron chi connectivity index (χ4n) is 1.90. The molecule has 1 atom stereocenters. The molecule has 0 bridgehead atoms. The van der Waals surface area contributed by atoms with Crippen molar-refractivity contribution in [2.45, 2.75) is 45.8 Å². The van der Waals surface area contributed by atoms with Gasteiger partial charge in [-0.1, -0.05) is 18.2 Å². The van der Waals surface area contributed by atoms with Crippen LogP contribution in [0.25, 0.3) is 0 Å². The summed E-state index contributed by atoms with van der Waals surface area (Å²) in [4.78, 5) is 0. The van der Waals surface area contributed by atoms with Gasteiger partial charge in [0, 0.05) is 13.2 Å². The minimum Gasteiger partial charge on any atom is -0.379 e. The van der Waals surface area contributed by atoms with Gasteiger partial charge in [0.2, 0.25) is 0 Å². The van der Waals surface area contributed by atoms with E-state index in [1.807, 2.05) is 0 Å². The summed E-state index contributed by atoms with van der Waals surface area (Å²) in [6, 6.07) is 6.33. The molecule has 16 heavy (non-hydrogen) atoms. The first-order valence-corrected chi connectivity index (χ1v) is 5.74. The Morgan fingerprint density at radius 2 is 1.94 bits per heavy atom. The highest BCUT2D eigenvalue weighted by molar-refractivity contribution is 5.35. The summed E-state index contributed by atoms with van der Waals surface area (Å²) in [5, 5.41) is 0. The Balaban J connectivity index is 2.89. The van der Waals surface area contributed by atoms with E-state index in [2.05, 4.69) is 45.9 Å². The molecular weight excluding hydrogens is 198 g/mol. The van der Waals surface area contributed by atoms with Crippen LogP contribution in [0.5, 0.6) is 0 Å². The Labute approximate surface area is 98.8 Å². The lowest BCUT2D eigenvalue weighted by Gasteiger charge is -2.27. The Kier molecular flexibility index (Phi) is 4.11. The van der Waals surface area contributed by atoms with Crippen LogP contribution >= 0.6 is 0 Å². The van der Waals surface area contributed by atoms with Gasteiger partial charge in [-0.15, -0.1) is 0 Å². The standard InChI is InChI=1S/C14H23NO/c1-10-7-6-8-12(11(10)2)13(15)9-14(3,4)16-5/h6-8,13H,9,15H2,1-5H3. The molecule has 0 aromatic heterocycles. The van der Waals surface area contributed by atoms with Crippen molar-refractivity contribution < 1.29 is 4.74 Å². The quantitative estimate of drug-likeness (QED) is 0.848. The van der Waals surface area contributed by atoms with Gasteiger partial charge in [0.25, 0.3) is 0 Å². The van der Waals surface area contributed by atoms with Crippen molar-refractivity contribution in [3.8, 4) is 0 Å². The highest BCUT2D eigenvalue weighted by Gasteiger charge is 2.22. The second kappa shape index (κ2) is 4.98. The molecule has 0 aliphatic rings. The van der Waals surface area contributed by atoms with Crippen molar-refractivity contribution in [3.63, 3.8) is 0 Å². The zero-order chi connectivity index (χ0) is 12.3. The molecule has 90 valence electrons. The summed E-state index contributed by atoms with van der Waals surface area (Å²) in [6.45, 7) is 8.38. The fraction of sp³-hybridized carbons (Fsp3) is 0.571. The van der Waals surface area contributed by atoms with Gasteiger partial charge in [-0.05, 0) is 50.8 Å². The van der Waals surface area contributed by atoms with Gasteiger partial charge in [0.05, 0.1) is 5.60 Å². The lowest BCUT2D eigenvalue weighted by atomic mass is 9.90. The van der Waals surface area contributed by atoms with Crippen molar-refractivity contribution in [1.82, 2.24) is 0 Å². The smallest absolute Gasteiger partial charge is 0.0640 e. The molecule has 0 radical (unpaired) electrons. The first kappa shape index (κ1) is 13.2. The van der Waals surface area contributed by atoms with Crippen LogP contribution in [-0.4, -0.2) is 12.7 Å². The van der Waals surface area contributed by atoms with E-state index in [0.717, 1.165) is 6.42 Å². The number of benzene rings is 1. The maximum Gasteiger partial charge on any atom is 0.0640 e. The maximum atomic E-state index is 6.25. The molecule has 0 aliphatic carbocycles. The third kappa shape index (κ3) is 3.06. The lowest BCUT2D eigenvalue weighted by molar-refractivity contribution is 0.00991. The van der Waals surface area contributed by atoms with Gasteiger partial charge in [-0.25, -0.2) is 0 Å². The van der Waals surface area contributed by atoms with Crippen molar-refractivity contribution in [3.05, 3.63) is 34.9 Å². The average Bonchev–Trinajstić information content (AvgIpc) is 2.21. The number of hydrogen-bond donors (Lipinski definition) is 1. The van der Waals surface area contributed by atoms with Crippen LogP contribution in [0, 0.1) is 13.8 Å². The second-order valence-corrected chi connectivity index (χ2v) is 5.06. The number of aryl methyl sites for hydroxylation is 1. The molecule has 0 heterocycles. The molecule has 2 nitrogen and oxygen atoms in total. The van der Waals surface area contributed by atoms with Crippen LogP contribution in [0.3, 0.4) is 0 Å². The van der Waals surface area contributed by atoms with Crippen LogP contribution < -0.4 is 5.73 Å². The largest absolute Gasteiger partial charge is 0.379 e. The minimum absolute atomic E-state index is 0.0369. The number of rotatable bonds is 4. The van der Waals surface area contributed by atoms with E-state index in [1.54, 1.807) is 7.11 Å². The Hall–Kier alpha value is -0.860. The van der Waals surface area contributed by atoms with Crippen LogP contribution in [-0.2, 0) is 4.74 Å². The lowest BCUT2D eigenvalue weighted by Crippen LogP contribution is -2.29. The van der Waals surface area contributed by atoms with E-state index in [0.29, 0.717) is 0 Å². The molecule has 1 rings (SSSR count). The third-order valence-corrected chi connectivity index (χ3v) is 3.31. The molecule has 1 unspecified atom stereocenters. The summed E-state index contributed by atoms with van der Waals surface area (Å²) >= 11 is 0. The predicted octanol–water partition coefficient (Wildman–Crippen LogP) is 3.12. The predicted molar refractivity (Wildman–Crippen MR) is 68.5 cm³/mol. The van der Waals surface area contributed by atoms with Crippen molar-refractivity contribution in [2.24, 2.45) is 5.73 Å². The van der Waals surface area contributed by atoms with Crippen molar-refractivity contribution in [1.29, 1.82) is 0 Å². The zero-order valence-corrected chi connectivity index (χ0v) is 11.0. The van der Waals surface area contributed by atoms with Gasteiger partial charge >= 0.3 is 0 Å².